The fourth-order valence-corrected chi connectivity index (χ4v) is 2.44. The molecule has 0 aromatic carbocycles. The molecule has 4 heteroatoms. The highest BCUT2D eigenvalue weighted by Crippen LogP contribution is 2.26. The summed E-state index contributed by atoms with van der Waals surface area (Å²) < 4.78 is 13.8. The van der Waals surface area contributed by atoms with Crippen LogP contribution in [-0.4, -0.2) is 16.0 Å². The molecule has 1 aromatic rings. The maximum atomic E-state index is 13.8. The van der Waals surface area contributed by atoms with Crippen LogP contribution in [0.5, 0.6) is 0 Å². The Morgan fingerprint density at radius 3 is 2.82 bits per heavy atom. The molecule has 1 aliphatic carbocycles. The van der Waals surface area contributed by atoms with Crippen LogP contribution >= 0.6 is 0 Å². The van der Waals surface area contributed by atoms with Crippen LogP contribution in [0.4, 0.5) is 10.2 Å². The molecule has 2 rings (SSSR count). The number of nitrogens with one attached hydrogen (secondary N) is 1. The van der Waals surface area contributed by atoms with E-state index in [1.54, 1.807) is 6.92 Å². The molecule has 0 saturated heterocycles. The van der Waals surface area contributed by atoms with Gasteiger partial charge in [0.1, 0.15) is 6.33 Å². The molecule has 0 bridgehead atoms. The molecule has 0 spiro atoms. The Bertz CT molecular complexity index is 381. The first-order valence-electron chi connectivity index (χ1n) is 6.42. The third-order valence-corrected chi connectivity index (χ3v) is 3.65. The SMILES string of the molecule is Cc1ncnc(NC2CCCCCC2C)c1F. The fourth-order valence-electron chi connectivity index (χ4n) is 2.44. The Balaban J connectivity index is 2.10. The van der Waals surface area contributed by atoms with Gasteiger partial charge in [0.15, 0.2) is 11.6 Å². The summed E-state index contributed by atoms with van der Waals surface area (Å²) in [6.07, 6.45) is 7.52. The smallest absolute Gasteiger partial charge is 0.186 e. The summed E-state index contributed by atoms with van der Waals surface area (Å²) >= 11 is 0. The van der Waals surface area contributed by atoms with Crippen molar-refractivity contribution in [3.8, 4) is 0 Å². The van der Waals surface area contributed by atoms with Crippen molar-refractivity contribution in [1.82, 2.24) is 9.97 Å². The summed E-state index contributed by atoms with van der Waals surface area (Å²) in [5.74, 6) is 0.618. The van der Waals surface area contributed by atoms with Crippen molar-refractivity contribution in [2.45, 2.75) is 52.0 Å². The molecule has 3 nitrogen and oxygen atoms in total. The lowest BCUT2D eigenvalue weighted by Gasteiger charge is -2.23. The Morgan fingerprint density at radius 1 is 1.24 bits per heavy atom. The Morgan fingerprint density at radius 2 is 2.00 bits per heavy atom. The van der Waals surface area contributed by atoms with Gasteiger partial charge in [0.2, 0.25) is 0 Å². The molecule has 17 heavy (non-hydrogen) atoms. The lowest BCUT2D eigenvalue weighted by Crippen LogP contribution is -2.27. The minimum absolute atomic E-state index is 0.316. The molecular formula is C13H20FN3. The molecule has 0 amide bonds. The van der Waals surface area contributed by atoms with Crippen molar-refractivity contribution in [3.63, 3.8) is 0 Å². The number of halogens is 1. The van der Waals surface area contributed by atoms with E-state index in [2.05, 4.69) is 22.2 Å². The average Bonchev–Trinajstić information content (AvgIpc) is 2.51. The van der Waals surface area contributed by atoms with E-state index < -0.39 is 0 Å². The Hall–Kier alpha value is -1.19. The minimum Gasteiger partial charge on any atom is -0.365 e. The van der Waals surface area contributed by atoms with Crippen molar-refractivity contribution in [1.29, 1.82) is 0 Å². The van der Waals surface area contributed by atoms with Crippen LogP contribution in [0.25, 0.3) is 0 Å². The zero-order valence-corrected chi connectivity index (χ0v) is 10.5. The van der Waals surface area contributed by atoms with E-state index in [0.29, 0.717) is 23.5 Å². The second-order valence-corrected chi connectivity index (χ2v) is 4.99. The lowest BCUT2D eigenvalue weighted by molar-refractivity contribution is 0.452. The summed E-state index contributed by atoms with van der Waals surface area (Å²) in [6, 6.07) is 0.335. The van der Waals surface area contributed by atoms with Crippen molar-refractivity contribution in [2.75, 3.05) is 5.32 Å². The molecule has 1 aliphatic rings. The number of hydrogen-bond acceptors (Lipinski definition) is 3. The molecule has 94 valence electrons. The maximum absolute atomic E-state index is 13.8. The second-order valence-electron chi connectivity index (χ2n) is 4.99. The van der Waals surface area contributed by atoms with Gasteiger partial charge in [-0.05, 0) is 25.7 Å². The van der Waals surface area contributed by atoms with E-state index >= 15 is 0 Å². The third kappa shape index (κ3) is 2.93. The second kappa shape index (κ2) is 5.43. The van der Waals surface area contributed by atoms with Gasteiger partial charge in [-0.1, -0.05) is 26.2 Å². The number of aromatic nitrogens is 2. The summed E-state index contributed by atoms with van der Waals surface area (Å²) in [5, 5.41) is 3.25. The highest BCUT2D eigenvalue weighted by Gasteiger charge is 2.21. The molecule has 1 N–H and O–H groups in total. The molecule has 1 heterocycles. The van der Waals surface area contributed by atoms with Gasteiger partial charge >= 0.3 is 0 Å². The van der Waals surface area contributed by atoms with Crippen LogP contribution in [0.15, 0.2) is 6.33 Å². The van der Waals surface area contributed by atoms with Crippen LogP contribution in [0.2, 0.25) is 0 Å². The van der Waals surface area contributed by atoms with Crippen molar-refractivity contribution in [3.05, 3.63) is 17.8 Å². The number of hydrogen-bond donors (Lipinski definition) is 1. The van der Waals surface area contributed by atoms with Gasteiger partial charge in [0.25, 0.3) is 0 Å². The highest BCUT2D eigenvalue weighted by atomic mass is 19.1. The molecule has 1 saturated carbocycles. The van der Waals surface area contributed by atoms with Gasteiger partial charge in [0.05, 0.1) is 5.69 Å². The van der Waals surface area contributed by atoms with E-state index in [4.69, 9.17) is 0 Å². The number of anilines is 1. The molecule has 2 unspecified atom stereocenters. The standard InChI is InChI=1S/C13H20FN3/c1-9-6-4-3-5-7-11(9)17-13-12(14)10(2)15-8-16-13/h8-9,11H,3-7H2,1-2H3,(H,15,16,17). The maximum Gasteiger partial charge on any atom is 0.186 e. The molecule has 0 radical (unpaired) electrons. The van der Waals surface area contributed by atoms with Crippen LogP contribution in [-0.2, 0) is 0 Å². The van der Waals surface area contributed by atoms with Gasteiger partial charge < -0.3 is 5.32 Å². The largest absolute Gasteiger partial charge is 0.365 e. The van der Waals surface area contributed by atoms with E-state index in [0.717, 1.165) is 6.42 Å². The average molecular weight is 237 g/mol. The first kappa shape index (κ1) is 12.3. The van der Waals surface area contributed by atoms with Crippen molar-refractivity contribution >= 4 is 5.82 Å². The zero-order valence-electron chi connectivity index (χ0n) is 10.5. The van der Waals surface area contributed by atoms with Gasteiger partial charge in [0, 0.05) is 6.04 Å². The van der Waals surface area contributed by atoms with Gasteiger partial charge in [-0.2, -0.15) is 0 Å². The number of nitrogens with zero attached hydrogens (tertiary/aromatic N) is 2. The summed E-state index contributed by atoms with van der Waals surface area (Å²) in [7, 11) is 0. The lowest BCUT2D eigenvalue weighted by atomic mass is 9.97. The first-order chi connectivity index (χ1) is 8.18. The first-order valence-corrected chi connectivity index (χ1v) is 6.42. The molecular weight excluding hydrogens is 217 g/mol. The van der Waals surface area contributed by atoms with Crippen LogP contribution in [0.1, 0.15) is 44.7 Å². The topological polar surface area (TPSA) is 37.8 Å². The Labute approximate surface area is 102 Å². The fraction of sp³-hybridized carbons (Fsp3) is 0.692. The molecule has 2 atom stereocenters. The van der Waals surface area contributed by atoms with Crippen LogP contribution in [0, 0.1) is 18.7 Å². The van der Waals surface area contributed by atoms with Crippen molar-refractivity contribution < 1.29 is 4.39 Å². The summed E-state index contributed by atoms with van der Waals surface area (Å²) in [4.78, 5) is 7.84. The minimum atomic E-state index is -0.316. The summed E-state index contributed by atoms with van der Waals surface area (Å²) in [5.41, 5.74) is 0.406. The molecule has 0 aliphatic heterocycles. The van der Waals surface area contributed by atoms with Crippen LogP contribution < -0.4 is 5.32 Å². The van der Waals surface area contributed by atoms with Crippen LogP contribution in [0.3, 0.4) is 0 Å². The van der Waals surface area contributed by atoms with Gasteiger partial charge in [-0.3, -0.25) is 0 Å². The monoisotopic (exact) mass is 237 g/mol. The Kier molecular flexibility index (Phi) is 3.92. The third-order valence-electron chi connectivity index (χ3n) is 3.65. The predicted octanol–water partition coefficient (Wildman–Crippen LogP) is 3.30. The molecule has 1 aromatic heterocycles. The quantitative estimate of drug-likeness (QED) is 0.802. The summed E-state index contributed by atoms with van der Waals surface area (Å²) in [6.45, 7) is 3.90. The van der Waals surface area contributed by atoms with E-state index in [1.807, 2.05) is 0 Å². The number of rotatable bonds is 2. The van der Waals surface area contributed by atoms with Gasteiger partial charge in [-0.25, -0.2) is 14.4 Å². The number of aryl methyl sites for hydroxylation is 1. The molecule has 1 fully saturated rings. The van der Waals surface area contributed by atoms with Crippen molar-refractivity contribution in [2.24, 2.45) is 5.92 Å². The van der Waals surface area contributed by atoms with E-state index in [9.17, 15) is 4.39 Å². The normalized spacial score (nSPS) is 25.4. The predicted molar refractivity (Wildman–Crippen MR) is 66.4 cm³/mol. The van der Waals surface area contributed by atoms with Gasteiger partial charge in [-0.15, -0.1) is 0 Å². The van der Waals surface area contributed by atoms with E-state index in [-0.39, 0.29) is 5.82 Å². The zero-order chi connectivity index (χ0) is 12.3. The van der Waals surface area contributed by atoms with E-state index in [1.165, 1.54) is 32.0 Å². The highest BCUT2D eigenvalue weighted by molar-refractivity contribution is 5.38.